The maximum Gasteiger partial charge on any atom is 0.274 e. The topological polar surface area (TPSA) is 73.0 Å². The Morgan fingerprint density at radius 3 is 2.59 bits per heavy atom. The van der Waals surface area contributed by atoms with Gasteiger partial charge in [-0.05, 0) is 31.2 Å². The molecule has 2 aromatic carbocycles. The molecule has 134 valence electrons. The van der Waals surface area contributed by atoms with Crippen LogP contribution in [0.5, 0.6) is 0 Å². The van der Waals surface area contributed by atoms with Gasteiger partial charge in [0.05, 0.1) is 0 Å². The minimum Gasteiger partial charge on any atom is -0.334 e. The van der Waals surface area contributed by atoms with Crippen molar-refractivity contribution in [1.29, 1.82) is 0 Å². The average molecular weight is 358 g/mol. The number of nitrogens with one attached hydrogen (secondary N) is 1. The van der Waals surface area contributed by atoms with E-state index in [1.54, 1.807) is 4.57 Å². The van der Waals surface area contributed by atoms with E-state index in [1.807, 2.05) is 79.9 Å². The van der Waals surface area contributed by atoms with Crippen molar-refractivity contribution in [2.45, 2.75) is 13.5 Å². The first-order valence-corrected chi connectivity index (χ1v) is 8.60. The van der Waals surface area contributed by atoms with Crippen LogP contribution in [0.1, 0.15) is 5.56 Å². The second-order valence-corrected chi connectivity index (χ2v) is 6.22. The minimum absolute atomic E-state index is 0.128. The first-order chi connectivity index (χ1) is 13.2. The molecule has 1 amide bonds. The Morgan fingerprint density at radius 2 is 1.81 bits per heavy atom. The van der Waals surface area contributed by atoms with Crippen molar-refractivity contribution in [2.75, 3.05) is 5.32 Å². The molecule has 6 nitrogen and oxygen atoms in total. The molecule has 0 aliphatic heterocycles. The van der Waals surface area contributed by atoms with Crippen molar-refractivity contribution in [3.8, 4) is 23.0 Å². The predicted octanol–water partition coefficient (Wildman–Crippen LogP) is 4.15. The standard InChI is InChI=1S/C21H18N4O2/c1-15-9-11-16(12-10-15)20-23-21(27-24-20)18-8-5-13-25(18)14-19(26)22-17-6-3-2-4-7-17/h2-13H,14H2,1H3,(H,22,26). The molecule has 4 aromatic rings. The molecule has 2 aromatic heterocycles. The third kappa shape index (κ3) is 3.79. The lowest BCUT2D eigenvalue weighted by atomic mass is 10.1. The zero-order valence-electron chi connectivity index (χ0n) is 14.8. The van der Waals surface area contributed by atoms with Gasteiger partial charge >= 0.3 is 0 Å². The van der Waals surface area contributed by atoms with Gasteiger partial charge in [0.2, 0.25) is 11.7 Å². The van der Waals surface area contributed by atoms with E-state index in [9.17, 15) is 4.79 Å². The van der Waals surface area contributed by atoms with Gasteiger partial charge < -0.3 is 14.4 Å². The van der Waals surface area contributed by atoms with Crippen LogP contribution >= 0.6 is 0 Å². The Balaban J connectivity index is 1.52. The van der Waals surface area contributed by atoms with Crippen LogP contribution in [-0.4, -0.2) is 20.6 Å². The maximum absolute atomic E-state index is 12.3. The fraction of sp³-hybridized carbons (Fsp3) is 0.0952. The molecule has 0 radical (unpaired) electrons. The number of benzene rings is 2. The molecule has 0 spiro atoms. The lowest BCUT2D eigenvalue weighted by Gasteiger charge is -2.07. The Hall–Kier alpha value is -3.67. The molecule has 0 atom stereocenters. The number of amides is 1. The summed E-state index contributed by atoms with van der Waals surface area (Å²) in [6, 6.07) is 21.0. The van der Waals surface area contributed by atoms with Crippen LogP contribution in [0.2, 0.25) is 0 Å². The van der Waals surface area contributed by atoms with Crippen molar-refractivity contribution in [3.05, 3.63) is 78.5 Å². The van der Waals surface area contributed by atoms with Gasteiger partial charge in [-0.3, -0.25) is 4.79 Å². The smallest absolute Gasteiger partial charge is 0.274 e. The molecule has 2 heterocycles. The van der Waals surface area contributed by atoms with E-state index >= 15 is 0 Å². The number of rotatable bonds is 5. The predicted molar refractivity (Wildman–Crippen MR) is 103 cm³/mol. The lowest BCUT2D eigenvalue weighted by molar-refractivity contribution is -0.116. The molecule has 4 rings (SSSR count). The fourth-order valence-electron chi connectivity index (χ4n) is 2.77. The highest BCUT2D eigenvalue weighted by molar-refractivity contribution is 5.90. The van der Waals surface area contributed by atoms with Crippen LogP contribution in [0.15, 0.2) is 77.4 Å². The van der Waals surface area contributed by atoms with Gasteiger partial charge in [-0.15, -0.1) is 0 Å². The van der Waals surface area contributed by atoms with Gasteiger partial charge in [-0.1, -0.05) is 53.2 Å². The zero-order valence-corrected chi connectivity index (χ0v) is 14.8. The summed E-state index contributed by atoms with van der Waals surface area (Å²) in [5.74, 6) is 0.770. The summed E-state index contributed by atoms with van der Waals surface area (Å²) in [6.07, 6.45) is 1.82. The van der Waals surface area contributed by atoms with Crippen molar-refractivity contribution in [3.63, 3.8) is 0 Å². The SMILES string of the molecule is Cc1ccc(-c2noc(-c3cccn3CC(=O)Nc3ccccc3)n2)cc1. The van der Waals surface area contributed by atoms with Crippen LogP contribution in [0.4, 0.5) is 5.69 Å². The quantitative estimate of drug-likeness (QED) is 0.582. The van der Waals surface area contributed by atoms with Crippen molar-refractivity contribution < 1.29 is 9.32 Å². The summed E-state index contributed by atoms with van der Waals surface area (Å²) >= 11 is 0. The molecule has 6 heteroatoms. The second kappa shape index (κ2) is 7.29. The van der Waals surface area contributed by atoms with Crippen LogP contribution in [0.25, 0.3) is 23.0 Å². The normalized spacial score (nSPS) is 10.7. The number of hydrogen-bond acceptors (Lipinski definition) is 4. The fourth-order valence-corrected chi connectivity index (χ4v) is 2.77. The van der Waals surface area contributed by atoms with Gasteiger partial charge in [-0.25, -0.2) is 0 Å². The molecule has 0 aliphatic carbocycles. The number of carbonyl (C=O) groups is 1. The van der Waals surface area contributed by atoms with E-state index in [0.29, 0.717) is 17.4 Å². The highest BCUT2D eigenvalue weighted by Gasteiger charge is 2.15. The van der Waals surface area contributed by atoms with Crippen LogP contribution < -0.4 is 5.32 Å². The molecule has 0 saturated heterocycles. The summed E-state index contributed by atoms with van der Waals surface area (Å²) in [5, 5.41) is 6.93. The van der Waals surface area contributed by atoms with Crippen molar-refractivity contribution in [1.82, 2.24) is 14.7 Å². The average Bonchev–Trinajstić information content (AvgIpc) is 3.32. The summed E-state index contributed by atoms with van der Waals surface area (Å²) in [5.41, 5.74) is 3.51. The Bertz CT molecular complexity index is 1050. The van der Waals surface area contributed by atoms with Gasteiger partial charge in [0, 0.05) is 17.4 Å². The minimum atomic E-state index is -0.128. The van der Waals surface area contributed by atoms with E-state index in [-0.39, 0.29) is 12.5 Å². The molecular formula is C21H18N4O2. The third-order valence-electron chi connectivity index (χ3n) is 4.16. The first-order valence-electron chi connectivity index (χ1n) is 8.60. The van der Waals surface area contributed by atoms with Crippen molar-refractivity contribution in [2.24, 2.45) is 0 Å². The molecule has 27 heavy (non-hydrogen) atoms. The zero-order chi connectivity index (χ0) is 18.6. The monoisotopic (exact) mass is 358 g/mol. The largest absolute Gasteiger partial charge is 0.334 e. The van der Waals surface area contributed by atoms with Gasteiger partial charge in [-0.2, -0.15) is 4.98 Å². The highest BCUT2D eigenvalue weighted by atomic mass is 16.5. The van der Waals surface area contributed by atoms with E-state index in [4.69, 9.17) is 4.52 Å². The number of nitrogens with zero attached hydrogens (tertiary/aromatic N) is 3. The van der Waals surface area contributed by atoms with Gasteiger partial charge in [0.25, 0.3) is 5.89 Å². The number of anilines is 1. The number of hydrogen-bond donors (Lipinski definition) is 1. The summed E-state index contributed by atoms with van der Waals surface area (Å²) < 4.78 is 7.20. The van der Waals surface area contributed by atoms with Crippen molar-refractivity contribution >= 4 is 11.6 Å². The van der Waals surface area contributed by atoms with Crippen LogP contribution in [-0.2, 0) is 11.3 Å². The van der Waals surface area contributed by atoms with E-state index < -0.39 is 0 Å². The Kier molecular flexibility index (Phi) is 4.53. The second-order valence-electron chi connectivity index (χ2n) is 6.22. The summed E-state index contributed by atoms with van der Waals surface area (Å²) in [6.45, 7) is 2.18. The number of aryl methyl sites for hydroxylation is 1. The maximum atomic E-state index is 12.3. The molecule has 1 N–H and O–H groups in total. The molecule has 0 unspecified atom stereocenters. The number of para-hydroxylation sites is 1. The molecule has 0 fully saturated rings. The number of carbonyl (C=O) groups excluding carboxylic acids is 1. The van der Waals surface area contributed by atoms with E-state index in [1.165, 1.54) is 5.56 Å². The van der Waals surface area contributed by atoms with Gasteiger partial charge in [0.15, 0.2) is 0 Å². The Morgan fingerprint density at radius 1 is 1.04 bits per heavy atom. The van der Waals surface area contributed by atoms with Gasteiger partial charge in [0.1, 0.15) is 12.2 Å². The summed E-state index contributed by atoms with van der Waals surface area (Å²) in [7, 11) is 0. The number of aromatic nitrogens is 3. The first kappa shape index (κ1) is 16.8. The molecular weight excluding hydrogens is 340 g/mol. The third-order valence-corrected chi connectivity index (χ3v) is 4.16. The highest BCUT2D eigenvalue weighted by Crippen LogP contribution is 2.23. The summed E-state index contributed by atoms with van der Waals surface area (Å²) in [4.78, 5) is 16.8. The molecule has 0 bridgehead atoms. The Labute approximate surface area is 156 Å². The van der Waals surface area contributed by atoms with Crippen LogP contribution in [0, 0.1) is 6.92 Å². The van der Waals surface area contributed by atoms with E-state index in [0.717, 1.165) is 11.3 Å². The van der Waals surface area contributed by atoms with E-state index in [2.05, 4.69) is 15.5 Å². The van der Waals surface area contributed by atoms with Crippen LogP contribution in [0.3, 0.4) is 0 Å². The lowest BCUT2D eigenvalue weighted by Crippen LogP contribution is -2.18. The molecule has 0 aliphatic rings. The molecule has 0 saturated carbocycles.